The van der Waals surface area contributed by atoms with Gasteiger partial charge in [-0.2, -0.15) is 5.10 Å². The number of hydrogen-bond donors (Lipinski definition) is 1. The summed E-state index contributed by atoms with van der Waals surface area (Å²) in [5.74, 6) is -2.63. The van der Waals surface area contributed by atoms with E-state index in [-0.39, 0.29) is 30.7 Å². The lowest BCUT2D eigenvalue weighted by Gasteiger charge is -2.42. The van der Waals surface area contributed by atoms with Crippen LogP contribution in [0.25, 0.3) is 0 Å². The minimum atomic E-state index is -1.27. The van der Waals surface area contributed by atoms with Crippen molar-refractivity contribution in [1.82, 2.24) is 14.9 Å². The summed E-state index contributed by atoms with van der Waals surface area (Å²) in [6.07, 6.45) is 3.19. The molecule has 0 spiro atoms. The quantitative estimate of drug-likeness (QED) is 0.601. The second kappa shape index (κ2) is 9.67. The van der Waals surface area contributed by atoms with E-state index in [1.165, 1.54) is 11.2 Å². The zero-order chi connectivity index (χ0) is 26.1. The second-order valence-electron chi connectivity index (χ2n) is 9.92. The van der Waals surface area contributed by atoms with Gasteiger partial charge >= 0.3 is 0 Å². The van der Waals surface area contributed by atoms with Gasteiger partial charge in [-0.1, -0.05) is 44.2 Å². The summed E-state index contributed by atoms with van der Waals surface area (Å²) >= 11 is 0. The van der Waals surface area contributed by atoms with E-state index in [2.05, 4.69) is 10.1 Å². The van der Waals surface area contributed by atoms with Crippen LogP contribution >= 0.6 is 0 Å². The lowest BCUT2D eigenvalue weighted by atomic mass is 9.72. The largest absolute Gasteiger partial charge is 0.491 e. The van der Waals surface area contributed by atoms with Gasteiger partial charge in [-0.05, 0) is 12.0 Å². The van der Waals surface area contributed by atoms with Crippen LogP contribution in [0.3, 0.4) is 0 Å². The number of hydrogen-bond acceptors (Lipinski definition) is 6. The van der Waals surface area contributed by atoms with E-state index in [0.29, 0.717) is 19.4 Å². The smallest absolute Gasteiger partial charge is 0.256 e. The summed E-state index contributed by atoms with van der Waals surface area (Å²) < 4.78 is 19.3. The molecule has 0 unspecified atom stereocenters. The number of likely N-dealkylation sites (tertiary alicyclic amines) is 1. The predicted molar refractivity (Wildman–Crippen MR) is 130 cm³/mol. The highest BCUT2D eigenvalue weighted by Crippen LogP contribution is 2.39. The van der Waals surface area contributed by atoms with Gasteiger partial charge in [0.05, 0.1) is 29.4 Å². The number of rotatable bonds is 8. The molecule has 3 heterocycles. The molecule has 1 fully saturated rings. The molecule has 10 heteroatoms. The standard InChI is InChI=1S/C26H30FN5O4/c1-25(2,23(28)34)20(15-36-19-11-18(27)13-29-14-19)22(33)32-10-9-21-26(16-32,24(35)31(3)30-21)12-17-7-5-4-6-8-17/h4-8,11,13-14,20H,9-10,12,15-16H2,1-3H3,(H2,28,34)/t20-,26-/m1/s1. The molecule has 36 heavy (non-hydrogen) atoms. The Bertz CT molecular complexity index is 1200. The number of amides is 3. The Hall–Kier alpha value is -3.82. The van der Waals surface area contributed by atoms with Crippen molar-refractivity contribution < 1.29 is 23.5 Å². The number of carbonyl (C=O) groups excluding carboxylic acids is 3. The van der Waals surface area contributed by atoms with E-state index in [0.717, 1.165) is 23.5 Å². The average molecular weight is 496 g/mol. The van der Waals surface area contributed by atoms with Crippen molar-refractivity contribution in [2.24, 2.45) is 27.6 Å². The van der Waals surface area contributed by atoms with E-state index in [9.17, 15) is 18.8 Å². The third-order valence-corrected chi connectivity index (χ3v) is 7.17. The van der Waals surface area contributed by atoms with Gasteiger partial charge in [0.1, 0.15) is 23.6 Å². The van der Waals surface area contributed by atoms with E-state index < -0.39 is 28.5 Å². The van der Waals surface area contributed by atoms with E-state index in [4.69, 9.17) is 10.5 Å². The Kier molecular flexibility index (Phi) is 6.79. The number of primary amides is 1. The molecule has 0 aliphatic carbocycles. The third kappa shape index (κ3) is 4.67. The van der Waals surface area contributed by atoms with Gasteiger partial charge in [-0.15, -0.1) is 0 Å². The third-order valence-electron chi connectivity index (χ3n) is 7.17. The van der Waals surface area contributed by atoms with Crippen molar-refractivity contribution in [3.05, 3.63) is 60.2 Å². The van der Waals surface area contributed by atoms with Crippen LogP contribution in [-0.2, 0) is 20.8 Å². The minimum Gasteiger partial charge on any atom is -0.491 e. The van der Waals surface area contributed by atoms with Crippen molar-refractivity contribution in [2.45, 2.75) is 26.7 Å². The molecule has 2 aliphatic heterocycles. The number of piperidine rings is 1. The molecule has 2 N–H and O–H groups in total. The van der Waals surface area contributed by atoms with Crippen LogP contribution < -0.4 is 10.5 Å². The summed E-state index contributed by atoms with van der Waals surface area (Å²) in [6, 6.07) is 10.7. The van der Waals surface area contributed by atoms with Gasteiger partial charge in [0, 0.05) is 32.6 Å². The van der Waals surface area contributed by atoms with Crippen molar-refractivity contribution in [2.75, 3.05) is 26.7 Å². The van der Waals surface area contributed by atoms with Crippen LogP contribution in [0.1, 0.15) is 25.8 Å². The fourth-order valence-corrected chi connectivity index (χ4v) is 4.85. The Morgan fingerprint density at radius 3 is 2.64 bits per heavy atom. The summed E-state index contributed by atoms with van der Waals surface area (Å²) in [5, 5.41) is 5.83. The van der Waals surface area contributed by atoms with Crippen LogP contribution in [0.5, 0.6) is 5.75 Å². The van der Waals surface area contributed by atoms with Crippen LogP contribution in [0.2, 0.25) is 0 Å². The average Bonchev–Trinajstić information content (AvgIpc) is 3.08. The SMILES string of the molecule is CN1N=C2CCN(C(=O)[C@@H](COc3cncc(F)c3)C(C)(C)C(N)=O)C[C@@]2(Cc2ccccc2)C1=O. The highest BCUT2D eigenvalue weighted by atomic mass is 19.1. The van der Waals surface area contributed by atoms with Gasteiger partial charge in [0.15, 0.2) is 0 Å². The van der Waals surface area contributed by atoms with Crippen molar-refractivity contribution >= 4 is 23.4 Å². The van der Waals surface area contributed by atoms with Crippen molar-refractivity contribution in [3.63, 3.8) is 0 Å². The van der Waals surface area contributed by atoms with Gasteiger partial charge in [0.25, 0.3) is 5.91 Å². The fourth-order valence-electron chi connectivity index (χ4n) is 4.85. The van der Waals surface area contributed by atoms with Crippen LogP contribution in [0.4, 0.5) is 4.39 Å². The first kappa shape index (κ1) is 25.3. The summed E-state index contributed by atoms with van der Waals surface area (Å²) in [5.41, 5.74) is 5.12. The number of pyridine rings is 1. The summed E-state index contributed by atoms with van der Waals surface area (Å²) in [7, 11) is 1.62. The number of aromatic nitrogens is 1. The maximum atomic E-state index is 13.9. The Morgan fingerprint density at radius 2 is 1.97 bits per heavy atom. The molecule has 9 nitrogen and oxygen atoms in total. The molecule has 1 aromatic carbocycles. The number of halogens is 1. The molecular weight excluding hydrogens is 465 g/mol. The van der Waals surface area contributed by atoms with Crippen molar-refractivity contribution in [1.29, 1.82) is 0 Å². The maximum Gasteiger partial charge on any atom is 0.256 e. The Morgan fingerprint density at radius 1 is 1.25 bits per heavy atom. The molecule has 0 bridgehead atoms. The second-order valence-corrected chi connectivity index (χ2v) is 9.92. The van der Waals surface area contributed by atoms with Crippen molar-refractivity contribution in [3.8, 4) is 5.75 Å². The Labute approximate surface area is 209 Å². The number of nitrogens with zero attached hydrogens (tertiary/aromatic N) is 4. The lowest BCUT2D eigenvalue weighted by molar-refractivity contribution is -0.149. The normalized spacial score (nSPS) is 20.6. The number of carbonyl (C=O) groups is 3. The number of nitrogens with two attached hydrogens (primary N) is 1. The van der Waals surface area contributed by atoms with Crippen LogP contribution in [-0.4, -0.2) is 65.1 Å². The number of fused-ring (bicyclic) bond motifs is 1. The van der Waals surface area contributed by atoms with Gasteiger partial charge in [0.2, 0.25) is 11.8 Å². The first-order valence-corrected chi connectivity index (χ1v) is 11.8. The predicted octanol–water partition coefficient (Wildman–Crippen LogP) is 2.02. The first-order chi connectivity index (χ1) is 17.0. The summed E-state index contributed by atoms with van der Waals surface area (Å²) in [4.78, 5) is 45.0. The zero-order valence-electron chi connectivity index (χ0n) is 20.6. The van der Waals surface area contributed by atoms with E-state index in [1.807, 2.05) is 30.3 Å². The zero-order valence-corrected chi connectivity index (χ0v) is 20.6. The highest BCUT2D eigenvalue weighted by Gasteiger charge is 2.54. The minimum absolute atomic E-state index is 0.121. The molecule has 3 amide bonds. The molecule has 2 aromatic rings. The molecule has 0 saturated carbocycles. The van der Waals surface area contributed by atoms with Gasteiger partial charge in [-0.3, -0.25) is 19.4 Å². The molecular formula is C26H30FN5O4. The van der Waals surface area contributed by atoms with Gasteiger partial charge in [-0.25, -0.2) is 9.40 Å². The monoisotopic (exact) mass is 495 g/mol. The number of benzene rings is 1. The fraction of sp³-hybridized carbons (Fsp3) is 0.423. The van der Waals surface area contributed by atoms with Crippen LogP contribution in [0, 0.1) is 22.6 Å². The molecule has 1 aromatic heterocycles. The number of hydrazone groups is 1. The lowest BCUT2D eigenvalue weighted by Crippen LogP contribution is -2.58. The van der Waals surface area contributed by atoms with Gasteiger partial charge < -0.3 is 15.4 Å². The Balaban J connectivity index is 1.62. The molecule has 0 radical (unpaired) electrons. The van der Waals surface area contributed by atoms with Crippen LogP contribution in [0.15, 0.2) is 53.9 Å². The molecule has 2 aliphatic rings. The first-order valence-electron chi connectivity index (χ1n) is 11.8. The van der Waals surface area contributed by atoms with E-state index in [1.54, 1.807) is 25.8 Å². The van der Waals surface area contributed by atoms with E-state index >= 15 is 0 Å². The maximum absolute atomic E-state index is 13.9. The molecule has 2 atom stereocenters. The summed E-state index contributed by atoms with van der Waals surface area (Å²) in [6.45, 7) is 3.40. The molecule has 190 valence electrons. The molecule has 4 rings (SSSR count). The molecule has 1 saturated heterocycles. The highest BCUT2D eigenvalue weighted by molar-refractivity contribution is 6.13. The number of ether oxygens (including phenoxy) is 1. The topological polar surface area (TPSA) is 118 Å².